The van der Waals surface area contributed by atoms with Crippen LogP contribution in [0.15, 0.2) is 0 Å². The number of nitrogens with two attached hydrogens (primary N) is 1. The van der Waals surface area contributed by atoms with Crippen molar-refractivity contribution in [2.24, 2.45) is 17.6 Å². The lowest BCUT2D eigenvalue weighted by molar-refractivity contribution is -0.147. The summed E-state index contributed by atoms with van der Waals surface area (Å²) in [6.07, 6.45) is -3.14. The van der Waals surface area contributed by atoms with E-state index in [0.29, 0.717) is 12.5 Å². The Morgan fingerprint density at radius 1 is 1.44 bits per heavy atom. The highest BCUT2D eigenvalue weighted by Gasteiger charge is 2.32. The standard InChI is InChI=1S/C11H19F3N2O.ClH/c1-8(6-15)10(17)16(7-9-2-3-9)5-4-11(12,13)14;/h8-9H,2-7,15H2,1H3;1H. The van der Waals surface area contributed by atoms with Crippen LogP contribution in [0.4, 0.5) is 13.2 Å². The first-order chi connectivity index (χ1) is 7.83. The van der Waals surface area contributed by atoms with Gasteiger partial charge in [-0.2, -0.15) is 13.2 Å². The summed E-state index contributed by atoms with van der Waals surface area (Å²) in [4.78, 5) is 13.2. The quantitative estimate of drug-likeness (QED) is 0.814. The minimum absolute atomic E-state index is 0. The Labute approximate surface area is 111 Å². The summed E-state index contributed by atoms with van der Waals surface area (Å²) in [7, 11) is 0. The molecule has 1 unspecified atom stereocenters. The van der Waals surface area contributed by atoms with Crippen LogP contribution in [0.1, 0.15) is 26.2 Å². The summed E-state index contributed by atoms with van der Waals surface area (Å²) in [5.74, 6) is -0.275. The van der Waals surface area contributed by atoms with Crippen LogP contribution in [-0.4, -0.2) is 36.6 Å². The van der Waals surface area contributed by atoms with Gasteiger partial charge in [0.25, 0.3) is 0 Å². The Morgan fingerprint density at radius 3 is 2.39 bits per heavy atom. The van der Waals surface area contributed by atoms with E-state index in [0.717, 1.165) is 12.8 Å². The number of carbonyl (C=O) groups excluding carboxylic acids is 1. The van der Waals surface area contributed by atoms with Crippen molar-refractivity contribution >= 4 is 18.3 Å². The van der Waals surface area contributed by atoms with E-state index in [1.807, 2.05) is 0 Å². The van der Waals surface area contributed by atoms with Gasteiger partial charge in [-0.3, -0.25) is 4.79 Å². The van der Waals surface area contributed by atoms with Crippen molar-refractivity contribution in [3.63, 3.8) is 0 Å². The number of nitrogens with zero attached hydrogens (tertiary/aromatic N) is 1. The van der Waals surface area contributed by atoms with E-state index in [9.17, 15) is 18.0 Å². The summed E-state index contributed by atoms with van der Waals surface area (Å²) in [5.41, 5.74) is 5.37. The number of alkyl halides is 3. The number of amides is 1. The Bertz CT molecular complexity index is 270. The summed E-state index contributed by atoms with van der Waals surface area (Å²) >= 11 is 0. The Hall–Kier alpha value is -0.490. The van der Waals surface area contributed by atoms with E-state index in [1.165, 1.54) is 4.90 Å². The third-order valence-electron chi connectivity index (χ3n) is 2.93. The van der Waals surface area contributed by atoms with Gasteiger partial charge in [-0.1, -0.05) is 6.92 Å². The third kappa shape index (κ3) is 6.44. The molecule has 2 N–H and O–H groups in total. The molecule has 0 bridgehead atoms. The van der Waals surface area contributed by atoms with Gasteiger partial charge in [0, 0.05) is 25.6 Å². The first kappa shape index (κ1) is 17.5. The fraction of sp³-hybridized carbons (Fsp3) is 0.909. The molecule has 7 heteroatoms. The topological polar surface area (TPSA) is 46.3 Å². The second-order valence-electron chi connectivity index (χ2n) is 4.73. The van der Waals surface area contributed by atoms with E-state index in [2.05, 4.69) is 0 Å². The van der Waals surface area contributed by atoms with Crippen LogP contribution in [0.5, 0.6) is 0 Å². The summed E-state index contributed by atoms with van der Waals surface area (Å²) in [6, 6.07) is 0. The average Bonchev–Trinajstić information content (AvgIpc) is 3.04. The van der Waals surface area contributed by atoms with Crippen molar-refractivity contribution in [3.05, 3.63) is 0 Å². The lowest BCUT2D eigenvalue weighted by Gasteiger charge is -2.25. The van der Waals surface area contributed by atoms with Crippen molar-refractivity contribution in [3.8, 4) is 0 Å². The molecule has 1 amide bonds. The minimum atomic E-state index is -4.21. The molecular formula is C11H20ClF3N2O. The van der Waals surface area contributed by atoms with Crippen LogP contribution in [0.25, 0.3) is 0 Å². The van der Waals surface area contributed by atoms with Crippen molar-refractivity contribution in [1.29, 1.82) is 0 Å². The lowest BCUT2D eigenvalue weighted by Crippen LogP contribution is -2.41. The van der Waals surface area contributed by atoms with Crippen LogP contribution < -0.4 is 5.73 Å². The number of hydrogen-bond acceptors (Lipinski definition) is 2. The van der Waals surface area contributed by atoms with E-state index in [-0.39, 0.29) is 31.4 Å². The van der Waals surface area contributed by atoms with E-state index in [1.54, 1.807) is 6.92 Å². The minimum Gasteiger partial charge on any atom is -0.342 e. The molecule has 0 aliphatic heterocycles. The van der Waals surface area contributed by atoms with E-state index >= 15 is 0 Å². The zero-order chi connectivity index (χ0) is 13.1. The molecule has 0 saturated heterocycles. The second kappa shape index (κ2) is 7.19. The normalized spacial score (nSPS) is 16.9. The number of hydrogen-bond donors (Lipinski definition) is 1. The van der Waals surface area contributed by atoms with Crippen LogP contribution in [0, 0.1) is 11.8 Å². The molecule has 1 saturated carbocycles. The highest BCUT2D eigenvalue weighted by Crippen LogP contribution is 2.30. The smallest absolute Gasteiger partial charge is 0.342 e. The van der Waals surface area contributed by atoms with Gasteiger partial charge < -0.3 is 10.6 Å². The van der Waals surface area contributed by atoms with Gasteiger partial charge >= 0.3 is 6.18 Å². The molecule has 0 heterocycles. The van der Waals surface area contributed by atoms with Crippen LogP contribution in [-0.2, 0) is 4.79 Å². The van der Waals surface area contributed by atoms with Crippen molar-refractivity contribution < 1.29 is 18.0 Å². The first-order valence-electron chi connectivity index (χ1n) is 5.89. The fourth-order valence-corrected chi connectivity index (χ4v) is 1.58. The zero-order valence-electron chi connectivity index (χ0n) is 10.4. The summed E-state index contributed by atoms with van der Waals surface area (Å²) < 4.78 is 36.5. The SMILES string of the molecule is CC(CN)C(=O)N(CCC(F)(F)F)CC1CC1.Cl. The molecule has 0 spiro atoms. The first-order valence-corrected chi connectivity index (χ1v) is 5.89. The highest BCUT2D eigenvalue weighted by molar-refractivity contribution is 5.85. The van der Waals surface area contributed by atoms with E-state index in [4.69, 9.17) is 5.73 Å². The van der Waals surface area contributed by atoms with Crippen LogP contribution in [0.2, 0.25) is 0 Å². The molecule has 1 rings (SSSR count). The molecule has 18 heavy (non-hydrogen) atoms. The largest absolute Gasteiger partial charge is 0.390 e. The monoisotopic (exact) mass is 288 g/mol. The second-order valence-corrected chi connectivity index (χ2v) is 4.73. The summed E-state index contributed by atoms with van der Waals surface area (Å²) in [6.45, 7) is 2.02. The van der Waals surface area contributed by atoms with Gasteiger partial charge in [-0.15, -0.1) is 12.4 Å². The van der Waals surface area contributed by atoms with Gasteiger partial charge in [-0.25, -0.2) is 0 Å². The molecule has 0 aromatic carbocycles. The van der Waals surface area contributed by atoms with Gasteiger partial charge in [0.15, 0.2) is 0 Å². The molecular weight excluding hydrogens is 269 g/mol. The van der Waals surface area contributed by atoms with Gasteiger partial charge in [-0.05, 0) is 18.8 Å². The Morgan fingerprint density at radius 2 is 2.00 bits per heavy atom. The number of carbonyl (C=O) groups is 1. The van der Waals surface area contributed by atoms with Gasteiger partial charge in [0.05, 0.1) is 6.42 Å². The molecule has 0 aromatic rings. The van der Waals surface area contributed by atoms with Crippen LogP contribution >= 0.6 is 12.4 Å². The number of rotatable bonds is 6. The maximum absolute atomic E-state index is 12.2. The highest BCUT2D eigenvalue weighted by atomic mass is 35.5. The maximum Gasteiger partial charge on any atom is 0.390 e. The molecule has 1 aliphatic rings. The van der Waals surface area contributed by atoms with Crippen LogP contribution in [0.3, 0.4) is 0 Å². The van der Waals surface area contributed by atoms with Crippen molar-refractivity contribution in [1.82, 2.24) is 4.90 Å². The van der Waals surface area contributed by atoms with Gasteiger partial charge in [0.2, 0.25) is 5.91 Å². The molecule has 0 radical (unpaired) electrons. The molecule has 108 valence electrons. The predicted octanol–water partition coefficient (Wildman–Crippen LogP) is 2.19. The van der Waals surface area contributed by atoms with Crippen molar-refractivity contribution in [2.75, 3.05) is 19.6 Å². The molecule has 1 aliphatic carbocycles. The summed E-state index contributed by atoms with van der Waals surface area (Å²) in [5, 5.41) is 0. The average molecular weight is 289 g/mol. The molecule has 3 nitrogen and oxygen atoms in total. The fourth-order valence-electron chi connectivity index (χ4n) is 1.58. The third-order valence-corrected chi connectivity index (χ3v) is 2.93. The Balaban J connectivity index is 0.00000289. The molecule has 1 atom stereocenters. The number of halogens is 4. The lowest BCUT2D eigenvalue weighted by atomic mass is 10.1. The maximum atomic E-state index is 12.2. The molecule has 0 aromatic heterocycles. The molecule has 1 fully saturated rings. The van der Waals surface area contributed by atoms with Gasteiger partial charge in [0.1, 0.15) is 0 Å². The zero-order valence-corrected chi connectivity index (χ0v) is 11.2. The van der Waals surface area contributed by atoms with Crippen molar-refractivity contribution in [2.45, 2.75) is 32.4 Å². The van der Waals surface area contributed by atoms with E-state index < -0.39 is 18.5 Å². The predicted molar refractivity (Wildman–Crippen MR) is 65.4 cm³/mol. The Kier molecular flexibility index (Phi) is 6.99.